The first kappa shape index (κ1) is 14.5. The van der Waals surface area contributed by atoms with Crippen LogP contribution < -0.4 is 0 Å². The smallest absolute Gasteiger partial charge is 0.441 e. The lowest BCUT2D eigenvalue weighted by Gasteiger charge is -2.14. The number of alkyl halides is 3. The van der Waals surface area contributed by atoms with Gasteiger partial charge in [-0.05, 0) is 6.92 Å². The number of carbonyl (C=O) groups excluding carboxylic acids is 2. The number of rotatable bonds is 1. The molecule has 1 heterocycles. The Labute approximate surface area is 87.3 Å². The van der Waals surface area contributed by atoms with Gasteiger partial charge in [0.2, 0.25) is 0 Å². The van der Waals surface area contributed by atoms with Gasteiger partial charge >= 0.3 is 24.3 Å². The molecule has 0 radical (unpaired) electrons. The minimum Gasteiger partial charge on any atom is -0.441 e. The molecule has 0 amide bonds. The molecule has 16 heavy (non-hydrogen) atoms. The van der Waals surface area contributed by atoms with Crippen LogP contribution in [0.25, 0.3) is 0 Å². The first-order valence-electron chi connectivity index (χ1n) is 3.93. The zero-order valence-electron chi connectivity index (χ0n) is 8.26. The van der Waals surface area contributed by atoms with E-state index in [1.807, 2.05) is 0 Å². The Morgan fingerprint density at radius 3 is 1.94 bits per heavy atom. The average Bonchev–Trinajstić information content (AvgIpc) is 2.18. The van der Waals surface area contributed by atoms with E-state index < -0.39 is 24.3 Å². The second-order valence-corrected chi connectivity index (χ2v) is 2.56. The Kier molecular flexibility index (Phi) is 4.51. The van der Waals surface area contributed by atoms with Gasteiger partial charge in [-0.3, -0.25) is 0 Å². The van der Waals surface area contributed by atoms with Crippen molar-refractivity contribution in [2.45, 2.75) is 25.8 Å². The molecule has 0 aromatic rings. The van der Waals surface area contributed by atoms with E-state index in [-0.39, 0.29) is 6.61 Å². The van der Waals surface area contributed by atoms with Crippen LogP contribution >= 0.6 is 0 Å². The first-order valence-corrected chi connectivity index (χ1v) is 3.93. The molecule has 0 N–H and O–H groups in total. The fourth-order valence-corrected chi connectivity index (χ4v) is 0.546. The highest BCUT2D eigenvalue weighted by atomic mass is 19.3. The van der Waals surface area contributed by atoms with E-state index in [0.29, 0.717) is 6.92 Å². The van der Waals surface area contributed by atoms with E-state index in [0.717, 1.165) is 0 Å². The van der Waals surface area contributed by atoms with Crippen LogP contribution in [0.15, 0.2) is 0 Å². The van der Waals surface area contributed by atoms with Gasteiger partial charge in [-0.2, -0.15) is 13.2 Å². The fraction of sp³-hybridized carbons (Fsp3) is 0.714. The lowest BCUT2D eigenvalue weighted by Crippen LogP contribution is -2.37. The molecular formula is C7H8F4O5. The predicted octanol–water partition coefficient (Wildman–Crippen LogP) is 2.54. The number of carbonyl (C=O) groups is 2. The Hall–Kier alpha value is -1.54. The Balaban J connectivity index is 0.000000325. The molecule has 1 aliphatic rings. The molecule has 0 spiro atoms. The molecule has 0 bridgehead atoms. The Morgan fingerprint density at radius 2 is 1.88 bits per heavy atom. The summed E-state index contributed by atoms with van der Waals surface area (Å²) in [6.45, 7) is 2.06. The van der Waals surface area contributed by atoms with Gasteiger partial charge in [-0.1, -0.05) is 0 Å². The molecule has 9 heteroatoms. The van der Waals surface area contributed by atoms with E-state index in [9.17, 15) is 22.4 Å². The molecule has 94 valence electrons. The van der Waals surface area contributed by atoms with Crippen LogP contribution in [-0.2, 0) is 14.2 Å². The summed E-state index contributed by atoms with van der Waals surface area (Å²) in [5, 5.41) is 0. The third-order valence-electron chi connectivity index (χ3n) is 1.26. The van der Waals surface area contributed by atoms with Gasteiger partial charge in [0.25, 0.3) is 0 Å². The van der Waals surface area contributed by atoms with Crippen molar-refractivity contribution in [3.8, 4) is 0 Å². The van der Waals surface area contributed by atoms with Crippen LogP contribution in [-0.4, -0.2) is 30.9 Å². The number of hydrogen-bond acceptors (Lipinski definition) is 5. The van der Waals surface area contributed by atoms with E-state index in [4.69, 9.17) is 4.79 Å². The normalized spacial score (nSPS) is 26.0. The van der Waals surface area contributed by atoms with Crippen LogP contribution in [0.2, 0.25) is 0 Å². The molecule has 0 aromatic carbocycles. The topological polar surface area (TPSA) is 61.8 Å². The standard InChI is InChI=1S/C4H3F3O3.C3H5FO2/c1-3(5)4(6,7)10-2(8)9-3;1-2-6-3(4)5/h1H3;2H2,1H3. The average molecular weight is 248 g/mol. The third-order valence-corrected chi connectivity index (χ3v) is 1.26. The van der Waals surface area contributed by atoms with Crippen LogP contribution in [0.5, 0.6) is 0 Å². The molecule has 1 atom stereocenters. The van der Waals surface area contributed by atoms with Gasteiger partial charge < -0.3 is 14.2 Å². The molecular weight excluding hydrogens is 240 g/mol. The number of halogens is 4. The van der Waals surface area contributed by atoms with Crippen molar-refractivity contribution in [3.05, 3.63) is 0 Å². The summed E-state index contributed by atoms with van der Waals surface area (Å²) in [5.41, 5.74) is 0. The second kappa shape index (κ2) is 4.99. The van der Waals surface area contributed by atoms with Gasteiger partial charge in [-0.15, -0.1) is 4.39 Å². The van der Waals surface area contributed by atoms with Crippen LogP contribution in [0.4, 0.5) is 27.2 Å². The van der Waals surface area contributed by atoms with Crippen molar-refractivity contribution in [2.24, 2.45) is 0 Å². The van der Waals surface area contributed by atoms with Crippen LogP contribution in [0.1, 0.15) is 13.8 Å². The fourth-order valence-electron chi connectivity index (χ4n) is 0.546. The monoisotopic (exact) mass is 248 g/mol. The summed E-state index contributed by atoms with van der Waals surface area (Å²) in [6.07, 6.45) is -7.59. The van der Waals surface area contributed by atoms with Gasteiger partial charge in [0.15, 0.2) is 0 Å². The summed E-state index contributed by atoms with van der Waals surface area (Å²) >= 11 is 0. The number of ether oxygens (including phenoxy) is 3. The van der Waals surface area contributed by atoms with Gasteiger partial charge in [0.1, 0.15) is 0 Å². The van der Waals surface area contributed by atoms with Crippen molar-refractivity contribution in [3.63, 3.8) is 0 Å². The van der Waals surface area contributed by atoms with Crippen molar-refractivity contribution >= 4 is 12.4 Å². The Morgan fingerprint density at radius 1 is 1.38 bits per heavy atom. The molecule has 1 saturated heterocycles. The molecule has 0 saturated carbocycles. The molecule has 1 aliphatic heterocycles. The zero-order chi connectivity index (χ0) is 13.0. The molecule has 1 fully saturated rings. The molecule has 0 aromatic heterocycles. The maximum Gasteiger partial charge on any atom is 0.516 e. The minimum atomic E-state index is -4.18. The summed E-state index contributed by atoms with van der Waals surface area (Å²) in [7, 11) is 0. The molecule has 0 aliphatic carbocycles. The van der Waals surface area contributed by atoms with E-state index >= 15 is 0 Å². The summed E-state index contributed by atoms with van der Waals surface area (Å²) in [4.78, 5) is 19.1. The van der Waals surface area contributed by atoms with E-state index in [2.05, 4.69) is 14.2 Å². The number of hydrogen-bond donors (Lipinski definition) is 0. The maximum absolute atomic E-state index is 12.3. The molecule has 1 unspecified atom stereocenters. The highest BCUT2D eigenvalue weighted by Crippen LogP contribution is 2.40. The second-order valence-electron chi connectivity index (χ2n) is 2.56. The lowest BCUT2D eigenvalue weighted by molar-refractivity contribution is -0.279. The van der Waals surface area contributed by atoms with Crippen LogP contribution in [0.3, 0.4) is 0 Å². The first-order chi connectivity index (χ1) is 7.12. The van der Waals surface area contributed by atoms with Gasteiger partial charge in [0.05, 0.1) is 6.61 Å². The number of cyclic esters (lactones) is 2. The third kappa shape index (κ3) is 3.91. The lowest BCUT2D eigenvalue weighted by atomic mass is 10.3. The Bertz CT molecular complexity index is 260. The summed E-state index contributed by atoms with van der Waals surface area (Å²) < 4.78 is 57.6. The van der Waals surface area contributed by atoms with Crippen molar-refractivity contribution in [1.29, 1.82) is 0 Å². The van der Waals surface area contributed by atoms with Crippen molar-refractivity contribution in [1.82, 2.24) is 0 Å². The van der Waals surface area contributed by atoms with Gasteiger partial charge in [-0.25, -0.2) is 9.59 Å². The zero-order valence-corrected chi connectivity index (χ0v) is 8.26. The summed E-state index contributed by atoms with van der Waals surface area (Å²) in [5.74, 6) is -3.34. The maximum atomic E-state index is 12.3. The van der Waals surface area contributed by atoms with Gasteiger partial charge in [0, 0.05) is 6.92 Å². The quantitative estimate of drug-likeness (QED) is 0.405. The van der Waals surface area contributed by atoms with E-state index in [1.54, 1.807) is 0 Å². The highest BCUT2D eigenvalue weighted by Gasteiger charge is 2.65. The van der Waals surface area contributed by atoms with E-state index in [1.165, 1.54) is 6.92 Å². The largest absolute Gasteiger partial charge is 0.516 e. The van der Waals surface area contributed by atoms with Crippen molar-refractivity contribution < 1.29 is 41.4 Å². The minimum absolute atomic E-state index is 0.106. The SMILES string of the molecule is CC1(F)OC(=O)OC1(F)F.CCOC(=O)F. The highest BCUT2D eigenvalue weighted by molar-refractivity contribution is 5.63. The summed E-state index contributed by atoms with van der Waals surface area (Å²) in [6, 6.07) is 0. The van der Waals surface area contributed by atoms with Crippen LogP contribution in [0, 0.1) is 0 Å². The van der Waals surface area contributed by atoms with Crippen molar-refractivity contribution in [2.75, 3.05) is 6.61 Å². The molecule has 1 rings (SSSR count). The molecule has 5 nitrogen and oxygen atoms in total. The predicted molar refractivity (Wildman–Crippen MR) is 40.2 cm³/mol.